The Hall–Kier alpha value is -1.33. The molecule has 0 spiro atoms. The lowest BCUT2D eigenvalue weighted by Crippen LogP contribution is -2.41. The highest BCUT2D eigenvalue weighted by atomic mass is 35.5. The molecule has 1 heterocycles. The first-order valence-electron chi connectivity index (χ1n) is 4.50. The van der Waals surface area contributed by atoms with Crippen LogP contribution in [0.25, 0.3) is 6.08 Å². The highest BCUT2D eigenvalue weighted by Gasteiger charge is 2.00. The van der Waals surface area contributed by atoms with Crippen LogP contribution in [0.1, 0.15) is 10.4 Å². The van der Waals surface area contributed by atoms with Gasteiger partial charge in [-0.25, -0.2) is 0 Å². The third-order valence-corrected chi connectivity index (χ3v) is 2.96. The maximum Gasteiger partial charge on any atom is 0.262 e. The van der Waals surface area contributed by atoms with Gasteiger partial charge in [-0.2, -0.15) is 0 Å². The number of carbonyl (C=O) groups excluding carboxylic acids is 2. The predicted molar refractivity (Wildman–Crippen MR) is 65.1 cm³/mol. The van der Waals surface area contributed by atoms with E-state index in [1.807, 2.05) is 18.4 Å². The van der Waals surface area contributed by atoms with E-state index in [-0.39, 0.29) is 5.88 Å². The molecule has 0 unspecified atom stereocenters. The number of thiophene rings is 1. The third kappa shape index (κ3) is 4.04. The Kier molecular flexibility index (Phi) is 5.01. The van der Waals surface area contributed by atoms with Crippen LogP contribution in [-0.4, -0.2) is 17.7 Å². The Labute approximate surface area is 102 Å². The van der Waals surface area contributed by atoms with Crippen molar-refractivity contribution in [2.45, 2.75) is 6.92 Å². The average molecular weight is 259 g/mol. The number of nitrogens with one attached hydrogen (secondary N) is 2. The Morgan fingerprint density at radius 2 is 2.25 bits per heavy atom. The van der Waals surface area contributed by atoms with E-state index in [1.165, 1.54) is 6.08 Å². The highest BCUT2D eigenvalue weighted by molar-refractivity contribution is 7.11. The fourth-order valence-electron chi connectivity index (χ4n) is 0.913. The van der Waals surface area contributed by atoms with Gasteiger partial charge in [-0.05, 0) is 30.0 Å². The molecule has 2 amide bonds. The molecule has 1 aromatic rings. The van der Waals surface area contributed by atoms with Crippen LogP contribution < -0.4 is 10.9 Å². The number of amides is 2. The first-order valence-corrected chi connectivity index (χ1v) is 5.92. The van der Waals surface area contributed by atoms with Gasteiger partial charge < -0.3 is 0 Å². The zero-order chi connectivity index (χ0) is 12.0. The standard InChI is InChI=1S/C10H11ClN2O2S/c1-7-4-5-16-8(7)2-3-9(14)12-13-10(15)6-11/h2-5H,6H2,1H3,(H,12,14)(H,13,15)/b3-2-. The summed E-state index contributed by atoms with van der Waals surface area (Å²) in [6, 6.07) is 1.97. The van der Waals surface area contributed by atoms with Crippen LogP contribution in [0, 0.1) is 6.92 Å². The van der Waals surface area contributed by atoms with Crippen molar-refractivity contribution in [1.29, 1.82) is 0 Å². The van der Waals surface area contributed by atoms with Gasteiger partial charge in [0.2, 0.25) is 0 Å². The second-order valence-electron chi connectivity index (χ2n) is 2.97. The number of hydrogen-bond acceptors (Lipinski definition) is 3. The van der Waals surface area contributed by atoms with Crippen LogP contribution in [0.15, 0.2) is 17.5 Å². The van der Waals surface area contributed by atoms with Gasteiger partial charge in [0, 0.05) is 11.0 Å². The van der Waals surface area contributed by atoms with Gasteiger partial charge in [-0.3, -0.25) is 20.4 Å². The van der Waals surface area contributed by atoms with Gasteiger partial charge in [-0.1, -0.05) is 0 Å². The number of rotatable bonds is 3. The molecule has 0 atom stereocenters. The Morgan fingerprint density at radius 3 is 2.81 bits per heavy atom. The summed E-state index contributed by atoms with van der Waals surface area (Å²) < 4.78 is 0. The molecule has 16 heavy (non-hydrogen) atoms. The van der Waals surface area contributed by atoms with E-state index in [0.29, 0.717) is 0 Å². The summed E-state index contributed by atoms with van der Waals surface area (Å²) in [5.74, 6) is -1.03. The molecule has 0 saturated carbocycles. The van der Waals surface area contributed by atoms with Crippen molar-refractivity contribution in [2.24, 2.45) is 0 Å². The lowest BCUT2D eigenvalue weighted by molar-refractivity contribution is -0.125. The summed E-state index contributed by atoms with van der Waals surface area (Å²) in [7, 11) is 0. The van der Waals surface area contributed by atoms with Gasteiger partial charge in [-0.15, -0.1) is 22.9 Å². The molecular weight excluding hydrogens is 248 g/mol. The van der Waals surface area contributed by atoms with E-state index in [4.69, 9.17) is 11.6 Å². The van der Waals surface area contributed by atoms with Crippen LogP contribution in [0.3, 0.4) is 0 Å². The molecule has 0 aliphatic heterocycles. The van der Waals surface area contributed by atoms with Crippen LogP contribution in [0.5, 0.6) is 0 Å². The molecule has 4 nitrogen and oxygen atoms in total. The molecule has 0 aromatic carbocycles. The lowest BCUT2D eigenvalue weighted by Gasteiger charge is -2.01. The van der Waals surface area contributed by atoms with E-state index in [9.17, 15) is 9.59 Å². The summed E-state index contributed by atoms with van der Waals surface area (Å²) in [4.78, 5) is 23.0. The second kappa shape index (κ2) is 6.30. The third-order valence-electron chi connectivity index (χ3n) is 1.73. The zero-order valence-electron chi connectivity index (χ0n) is 8.62. The molecule has 0 aliphatic carbocycles. The van der Waals surface area contributed by atoms with Gasteiger partial charge in [0.1, 0.15) is 5.88 Å². The normalized spacial score (nSPS) is 10.4. The van der Waals surface area contributed by atoms with E-state index in [2.05, 4.69) is 10.9 Å². The lowest BCUT2D eigenvalue weighted by atomic mass is 10.3. The Morgan fingerprint density at radius 1 is 1.50 bits per heavy atom. The average Bonchev–Trinajstić information content (AvgIpc) is 2.69. The van der Waals surface area contributed by atoms with Crippen LogP contribution in [0.4, 0.5) is 0 Å². The molecule has 0 bridgehead atoms. The van der Waals surface area contributed by atoms with Gasteiger partial charge in [0.05, 0.1) is 0 Å². The largest absolute Gasteiger partial charge is 0.272 e. The van der Waals surface area contributed by atoms with E-state index in [0.717, 1.165) is 10.4 Å². The fraction of sp³-hybridized carbons (Fsp3) is 0.200. The van der Waals surface area contributed by atoms with E-state index < -0.39 is 11.8 Å². The molecule has 0 saturated heterocycles. The highest BCUT2D eigenvalue weighted by Crippen LogP contribution is 2.16. The minimum atomic E-state index is -0.448. The molecule has 1 rings (SSSR count). The number of halogens is 1. The van der Waals surface area contributed by atoms with Crippen LogP contribution in [0.2, 0.25) is 0 Å². The summed E-state index contributed by atoms with van der Waals surface area (Å²) in [5.41, 5.74) is 5.48. The van der Waals surface area contributed by atoms with Gasteiger partial charge in [0.15, 0.2) is 0 Å². The molecule has 6 heteroatoms. The molecule has 0 radical (unpaired) electrons. The number of carbonyl (C=O) groups is 2. The molecule has 0 aliphatic rings. The van der Waals surface area contributed by atoms with E-state index >= 15 is 0 Å². The number of alkyl halides is 1. The first kappa shape index (κ1) is 12.7. The van der Waals surface area contributed by atoms with Crippen molar-refractivity contribution in [1.82, 2.24) is 10.9 Å². The van der Waals surface area contributed by atoms with Gasteiger partial charge >= 0.3 is 0 Å². The molecule has 0 fully saturated rings. The summed E-state index contributed by atoms with van der Waals surface area (Å²) in [6.07, 6.45) is 3.05. The Bertz CT molecular complexity index is 415. The number of hydrogen-bond donors (Lipinski definition) is 2. The second-order valence-corrected chi connectivity index (χ2v) is 4.19. The smallest absolute Gasteiger partial charge is 0.262 e. The first-order chi connectivity index (χ1) is 7.63. The minimum Gasteiger partial charge on any atom is -0.272 e. The van der Waals surface area contributed by atoms with Crippen LogP contribution >= 0.6 is 22.9 Å². The van der Waals surface area contributed by atoms with Crippen molar-refractivity contribution in [3.8, 4) is 0 Å². The monoisotopic (exact) mass is 258 g/mol. The van der Waals surface area contributed by atoms with E-state index in [1.54, 1.807) is 17.4 Å². The maximum absolute atomic E-state index is 11.2. The van der Waals surface area contributed by atoms with Crippen molar-refractivity contribution >= 4 is 40.8 Å². The molecule has 2 N–H and O–H groups in total. The van der Waals surface area contributed by atoms with Crippen molar-refractivity contribution in [3.05, 3.63) is 28.0 Å². The van der Waals surface area contributed by atoms with Gasteiger partial charge in [0.25, 0.3) is 11.8 Å². The topological polar surface area (TPSA) is 58.2 Å². The fourth-order valence-corrected chi connectivity index (χ4v) is 1.80. The summed E-state index contributed by atoms with van der Waals surface area (Å²) >= 11 is 6.78. The maximum atomic E-state index is 11.2. The summed E-state index contributed by atoms with van der Waals surface area (Å²) in [6.45, 7) is 1.96. The predicted octanol–water partition coefficient (Wildman–Crippen LogP) is 1.46. The van der Waals surface area contributed by atoms with Crippen molar-refractivity contribution in [2.75, 3.05) is 5.88 Å². The number of hydrazine groups is 1. The molecule has 1 aromatic heterocycles. The SMILES string of the molecule is Cc1ccsc1/C=C\C(=O)NNC(=O)CCl. The van der Waals surface area contributed by atoms with Crippen molar-refractivity contribution in [3.63, 3.8) is 0 Å². The zero-order valence-corrected chi connectivity index (χ0v) is 10.2. The summed E-state index contributed by atoms with van der Waals surface area (Å²) in [5, 5.41) is 1.95. The molecular formula is C10H11ClN2O2S. The number of aryl methyl sites for hydroxylation is 1. The quantitative estimate of drug-likeness (QED) is 0.490. The van der Waals surface area contributed by atoms with Crippen LogP contribution in [-0.2, 0) is 9.59 Å². The molecule has 86 valence electrons. The van der Waals surface area contributed by atoms with Crippen molar-refractivity contribution < 1.29 is 9.59 Å². The minimum absolute atomic E-state index is 0.186. The Balaban J connectivity index is 2.43.